The highest BCUT2D eigenvalue weighted by atomic mass is 15.2. The summed E-state index contributed by atoms with van der Waals surface area (Å²) < 4.78 is 34.8. The first-order valence-corrected chi connectivity index (χ1v) is 37.9. The van der Waals surface area contributed by atoms with Gasteiger partial charge < -0.3 is 18.9 Å². The van der Waals surface area contributed by atoms with E-state index in [-0.39, 0.29) is 5.56 Å². The molecule has 0 radical (unpaired) electrons. The van der Waals surface area contributed by atoms with E-state index in [0.29, 0.717) is 22.6 Å². The Kier molecular flexibility index (Phi) is 14.8. The minimum atomic E-state index is -2.67. The number of benzene rings is 17. The van der Waals surface area contributed by atoms with Crippen molar-refractivity contribution in [3.63, 3.8) is 0 Å². The molecule has 19 aromatic rings. The second-order valence-corrected chi connectivity index (χ2v) is 29.1. The molecule has 4 heterocycles. The van der Waals surface area contributed by atoms with Gasteiger partial charge in [-0.1, -0.05) is 285 Å². The third kappa shape index (κ3) is 10.8. The van der Waals surface area contributed by atoms with Crippen molar-refractivity contribution in [1.29, 1.82) is 5.26 Å². The number of nitriles is 1. The van der Waals surface area contributed by atoms with Gasteiger partial charge in [-0.3, -0.25) is 0 Å². The van der Waals surface area contributed by atoms with E-state index in [4.69, 9.17) is 6.57 Å². The van der Waals surface area contributed by atoms with E-state index in [1.165, 1.54) is 0 Å². The van der Waals surface area contributed by atoms with E-state index >= 15 is 0 Å². The SMILES string of the molecule is [2H]C([2H])([2H])c1cc2c3c(c1)N(c1c(-c4cccc(-c5ccccc5)c4)cccc1-c1cccc(-c4ccccc4)c1)c1cc(-n4c5ccccc5c5cc([N+]#[C-])ccc54)ccc1B3c1ccc(-n3c4ccccc4c4cc(C#N)ccc43)cc1N2c1c(-c2cccc(-c3ccccc3)c2)cccc1-c1cccc(-c2ccccc2)c1. The van der Waals surface area contributed by atoms with E-state index in [1.54, 1.807) is 0 Å². The monoisotopic (exact) mass is 1430 g/mol. The molecule has 0 saturated heterocycles. The Labute approximate surface area is 654 Å². The van der Waals surface area contributed by atoms with Crippen LogP contribution in [0.25, 0.3) is 149 Å². The number of hydrogen-bond acceptors (Lipinski definition) is 3. The van der Waals surface area contributed by atoms with Crippen LogP contribution in [0, 0.1) is 24.8 Å². The zero-order valence-corrected chi connectivity index (χ0v) is 60.7. The van der Waals surface area contributed by atoms with Crippen molar-refractivity contribution >= 4 is 107 Å². The fourth-order valence-corrected chi connectivity index (χ4v) is 17.8. The van der Waals surface area contributed by atoms with Crippen molar-refractivity contribution in [2.45, 2.75) is 6.85 Å². The van der Waals surface area contributed by atoms with Gasteiger partial charge in [0.05, 0.1) is 51.6 Å². The average molecular weight is 1430 g/mol. The Balaban J connectivity index is 0.926. The van der Waals surface area contributed by atoms with Gasteiger partial charge in [0.25, 0.3) is 6.71 Å². The van der Waals surface area contributed by atoms with Crippen LogP contribution in [0.15, 0.2) is 388 Å². The molecule has 0 amide bonds. The number of nitrogens with zero attached hydrogens (tertiary/aromatic N) is 6. The second-order valence-electron chi connectivity index (χ2n) is 29.1. The molecule has 0 bridgehead atoms. The van der Waals surface area contributed by atoms with Gasteiger partial charge in [0.1, 0.15) is 0 Å². The number of aryl methyl sites for hydroxylation is 1. The predicted octanol–water partition coefficient (Wildman–Crippen LogP) is 26.0. The maximum Gasteiger partial charge on any atom is 0.252 e. The van der Waals surface area contributed by atoms with Crippen molar-refractivity contribution in [3.05, 3.63) is 411 Å². The van der Waals surface area contributed by atoms with Crippen LogP contribution in [0.1, 0.15) is 15.2 Å². The maximum absolute atomic E-state index is 10.5. The highest BCUT2D eigenvalue weighted by Gasteiger charge is 2.46. The molecule has 7 heteroatoms. The largest absolute Gasteiger partial charge is 0.310 e. The molecule has 0 unspecified atom stereocenters. The summed E-state index contributed by atoms with van der Waals surface area (Å²) in [6.45, 7) is 5.01. The number of anilines is 6. The van der Waals surface area contributed by atoms with Crippen LogP contribution in [0.5, 0.6) is 0 Å². The number of aromatic nitrogens is 2. The standard InChI is InChI=1S/C105H67BN6/c1-68-57-101-103-102(58-68)112(105-87(80-39-21-35-76(62-80)72-29-11-5-12-30-72)45-24-46-88(105)81-40-22-36-77(63-81)73-31-13-6-14-32-73)100-66-84(110-96-48-18-16-42-90(96)92-64-82(108-2)50-56-98(92)110)52-54-94(100)106(103)93-53-51-83(109-95-47-17-15-41-89(95)91-59-69(67-107)49-55-97(91)109)65-99(93)111(101)104-85(78-37-19-33-74(60-78)70-25-7-3-8-26-70)43-23-44-86(104)79-38-20-34-75(61-79)71-27-9-4-10-28-71/h3-66H,1H3/i1D3. The topological polar surface area (TPSA) is 44.5 Å². The van der Waals surface area contributed by atoms with Crippen molar-refractivity contribution < 1.29 is 4.11 Å². The fraction of sp³-hybridized carbons (Fsp3) is 0.00952. The molecule has 0 saturated carbocycles. The molecule has 0 aliphatic carbocycles. The summed E-state index contributed by atoms with van der Waals surface area (Å²) in [5.74, 6) is 0. The molecule has 2 aromatic heterocycles. The first kappa shape index (κ1) is 62.1. The zero-order valence-electron chi connectivity index (χ0n) is 63.7. The molecular weight excluding hydrogens is 1360 g/mol. The van der Waals surface area contributed by atoms with Crippen LogP contribution < -0.4 is 26.2 Å². The summed E-state index contributed by atoms with van der Waals surface area (Å²) in [5.41, 5.74) is 30.8. The molecule has 17 aromatic carbocycles. The molecule has 2 aliphatic rings. The molecule has 520 valence electrons. The van der Waals surface area contributed by atoms with Gasteiger partial charge in [-0.05, 0) is 204 Å². The molecule has 0 fully saturated rings. The molecule has 6 nitrogen and oxygen atoms in total. The number of hydrogen-bond donors (Lipinski definition) is 0. The van der Waals surface area contributed by atoms with Gasteiger partial charge in [0, 0.05) is 76.6 Å². The summed E-state index contributed by atoms with van der Waals surface area (Å²) in [6.07, 6.45) is 0. The predicted molar refractivity (Wildman–Crippen MR) is 468 cm³/mol. The molecular formula is C105H67BN6. The van der Waals surface area contributed by atoms with Crippen LogP contribution >= 0.6 is 0 Å². The third-order valence-corrected chi connectivity index (χ3v) is 22.8. The van der Waals surface area contributed by atoms with Crippen LogP contribution in [0.4, 0.5) is 39.8 Å². The van der Waals surface area contributed by atoms with Gasteiger partial charge in [-0.2, -0.15) is 5.26 Å². The molecule has 0 spiro atoms. The average Bonchev–Trinajstić information content (AvgIpc) is 0.913. The van der Waals surface area contributed by atoms with E-state index in [2.05, 4.69) is 382 Å². The van der Waals surface area contributed by atoms with Crippen molar-refractivity contribution in [2.75, 3.05) is 9.80 Å². The first-order chi connectivity index (χ1) is 56.6. The van der Waals surface area contributed by atoms with Gasteiger partial charge in [0.15, 0.2) is 5.69 Å². The first-order valence-electron chi connectivity index (χ1n) is 39.4. The van der Waals surface area contributed by atoms with E-state index < -0.39 is 13.6 Å². The molecule has 0 N–H and O–H groups in total. The third-order valence-electron chi connectivity index (χ3n) is 22.8. The number of para-hydroxylation sites is 4. The lowest BCUT2D eigenvalue weighted by atomic mass is 9.33. The summed E-state index contributed by atoms with van der Waals surface area (Å²) in [4.78, 5) is 8.79. The minimum Gasteiger partial charge on any atom is -0.310 e. The Morgan fingerprint density at radius 1 is 0.304 bits per heavy atom. The Hall–Kier alpha value is -15.0. The van der Waals surface area contributed by atoms with E-state index in [9.17, 15) is 9.37 Å². The normalized spacial score (nSPS) is 12.6. The lowest BCUT2D eigenvalue weighted by Gasteiger charge is -2.46. The van der Waals surface area contributed by atoms with Gasteiger partial charge >= 0.3 is 0 Å². The van der Waals surface area contributed by atoms with Crippen molar-refractivity contribution in [2.24, 2.45) is 0 Å². The summed E-state index contributed by atoms with van der Waals surface area (Å²) >= 11 is 0. The lowest BCUT2D eigenvalue weighted by molar-refractivity contribution is 1.16. The van der Waals surface area contributed by atoms with Crippen LogP contribution in [0.2, 0.25) is 0 Å². The van der Waals surface area contributed by atoms with Crippen molar-refractivity contribution in [1.82, 2.24) is 9.13 Å². The van der Waals surface area contributed by atoms with Gasteiger partial charge in [0.2, 0.25) is 0 Å². The van der Waals surface area contributed by atoms with Gasteiger partial charge in [-0.15, -0.1) is 0 Å². The van der Waals surface area contributed by atoms with E-state index in [0.717, 1.165) is 183 Å². The smallest absolute Gasteiger partial charge is 0.252 e. The molecule has 2 aliphatic heterocycles. The zero-order chi connectivity index (χ0) is 77.0. The van der Waals surface area contributed by atoms with Crippen molar-refractivity contribution in [3.8, 4) is 106 Å². The summed E-state index contributed by atoms with van der Waals surface area (Å²) in [7, 11) is 0. The highest BCUT2D eigenvalue weighted by molar-refractivity contribution is 7.00. The molecule has 112 heavy (non-hydrogen) atoms. The van der Waals surface area contributed by atoms with Crippen LogP contribution in [-0.4, -0.2) is 15.8 Å². The summed E-state index contributed by atoms with van der Waals surface area (Å²) in [6, 6.07) is 140. The number of rotatable bonds is 12. The minimum absolute atomic E-state index is 0.162. The van der Waals surface area contributed by atoms with Crippen LogP contribution in [-0.2, 0) is 0 Å². The lowest BCUT2D eigenvalue weighted by Crippen LogP contribution is -2.61. The Morgan fingerprint density at radius 2 is 0.652 bits per heavy atom. The molecule has 21 rings (SSSR count). The highest BCUT2D eigenvalue weighted by Crippen LogP contribution is 2.55. The second kappa shape index (κ2) is 26.7. The van der Waals surface area contributed by atoms with Crippen LogP contribution in [0.3, 0.4) is 0 Å². The van der Waals surface area contributed by atoms with E-state index in [1.807, 2.05) is 36.4 Å². The number of fused-ring (bicyclic) bond motifs is 10. The van der Waals surface area contributed by atoms with Gasteiger partial charge in [-0.25, -0.2) is 4.85 Å². The Morgan fingerprint density at radius 3 is 1.04 bits per heavy atom. The maximum atomic E-state index is 10.5. The Bertz CT molecular complexity index is 6630. The quantitative estimate of drug-likeness (QED) is 0.0904. The summed E-state index contributed by atoms with van der Waals surface area (Å²) in [5, 5.41) is 14.4. The fourth-order valence-electron chi connectivity index (χ4n) is 17.8. The molecule has 0 atom stereocenters.